The Morgan fingerprint density at radius 3 is 2.22 bits per heavy atom. The van der Waals surface area contributed by atoms with Crippen molar-refractivity contribution >= 4 is 24.2 Å². The molecule has 0 spiro atoms. The van der Waals surface area contributed by atoms with Crippen LogP contribution in [0.1, 0.15) is 37.6 Å². The van der Waals surface area contributed by atoms with E-state index in [9.17, 15) is 14.0 Å². The summed E-state index contributed by atoms with van der Waals surface area (Å²) in [5.41, 5.74) is 5.95. The molecule has 0 saturated heterocycles. The van der Waals surface area contributed by atoms with E-state index in [1.807, 2.05) is 20.8 Å². The minimum atomic E-state index is -0.648. The molecule has 0 fully saturated rings. The molecule has 0 aliphatic rings. The van der Waals surface area contributed by atoms with Crippen molar-refractivity contribution in [2.24, 2.45) is 11.7 Å². The van der Waals surface area contributed by atoms with E-state index in [0.717, 1.165) is 0 Å². The number of halogens is 2. The average Bonchev–Trinajstić information content (AvgIpc) is 2.44. The Labute approximate surface area is 142 Å². The number of carbonyl (C=O) groups is 2. The molecular weight excluding hydrogens is 321 g/mol. The Balaban J connectivity index is 0.00000484. The summed E-state index contributed by atoms with van der Waals surface area (Å²) in [7, 11) is 0. The van der Waals surface area contributed by atoms with Gasteiger partial charge in [0, 0.05) is 18.2 Å². The van der Waals surface area contributed by atoms with Crippen LogP contribution >= 0.6 is 12.4 Å². The van der Waals surface area contributed by atoms with Crippen LogP contribution in [0.4, 0.5) is 4.39 Å². The van der Waals surface area contributed by atoms with E-state index in [2.05, 4.69) is 10.6 Å². The first-order valence-electron chi connectivity index (χ1n) is 7.41. The van der Waals surface area contributed by atoms with Crippen molar-refractivity contribution in [3.05, 3.63) is 35.6 Å². The predicted octanol–water partition coefficient (Wildman–Crippen LogP) is 1.86. The Bertz CT molecular complexity index is 507. The minimum absolute atomic E-state index is 0. The van der Waals surface area contributed by atoms with Gasteiger partial charge in [0.15, 0.2) is 0 Å². The van der Waals surface area contributed by atoms with Crippen LogP contribution in [0, 0.1) is 11.7 Å². The summed E-state index contributed by atoms with van der Waals surface area (Å²) in [4.78, 5) is 24.3. The summed E-state index contributed by atoms with van der Waals surface area (Å²) >= 11 is 0. The highest BCUT2D eigenvalue weighted by atomic mass is 35.5. The van der Waals surface area contributed by atoms with Crippen LogP contribution in [0.3, 0.4) is 0 Å². The van der Waals surface area contributed by atoms with Gasteiger partial charge in [-0.2, -0.15) is 0 Å². The van der Waals surface area contributed by atoms with Gasteiger partial charge >= 0.3 is 0 Å². The number of benzene rings is 1. The van der Waals surface area contributed by atoms with Crippen molar-refractivity contribution in [2.75, 3.05) is 6.54 Å². The van der Waals surface area contributed by atoms with Crippen molar-refractivity contribution < 1.29 is 14.0 Å². The van der Waals surface area contributed by atoms with Gasteiger partial charge in [0.2, 0.25) is 5.91 Å². The van der Waals surface area contributed by atoms with Gasteiger partial charge in [-0.05, 0) is 43.5 Å². The molecule has 1 rings (SSSR count). The summed E-state index contributed by atoms with van der Waals surface area (Å²) in [6, 6.07) is 4.55. The molecule has 0 saturated carbocycles. The van der Waals surface area contributed by atoms with Gasteiger partial charge in [0.1, 0.15) is 11.9 Å². The average molecular weight is 346 g/mol. The third kappa shape index (κ3) is 7.43. The molecule has 0 heterocycles. The van der Waals surface area contributed by atoms with Gasteiger partial charge in [0.25, 0.3) is 5.91 Å². The minimum Gasteiger partial charge on any atom is -0.354 e. The van der Waals surface area contributed by atoms with Gasteiger partial charge < -0.3 is 16.4 Å². The van der Waals surface area contributed by atoms with E-state index in [-0.39, 0.29) is 30.3 Å². The zero-order chi connectivity index (χ0) is 16.7. The molecular formula is C16H25ClFN3O2. The molecule has 4 N–H and O–H groups in total. The Hall–Kier alpha value is -1.66. The third-order valence-electron chi connectivity index (χ3n) is 3.24. The van der Waals surface area contributed by atoms with Gasteiger partial charge in [-0.15, -0.1) is 12.4 Å². The number of rotatable bonds is 7. The highest BCUT2D eigenvalue weighted by molar-refractivity contribution is 5.97. The first-order chi connectivity index (χ1) is 10.3. The van der Waals surface area contributed by atoms with Gasteiger partial charge in [0.05, 0.1) is 0 Å². The van der Waals surface area contributed by atoms with E-state index in [1.165, 1.54) is 24.3 Å². The lowest BCUT2D eigenvalue weighted by Gasteiger charge is -2.22. The second-order valence-electron chi connectivity index (χ2n) is 5.76. The van der Waals surface area contributed by atoms with Crippen LogP contribution in [0.5, 0.6) is 0 Å². The second-order valence-corrected chi connectivity index (χ2v) is 5.76. The molecule has 130 valence electrons. The summed E-state index contributed by atoms with van der Waals surface area (Å²) in [6.45, 7) is 6.02. The maximum atomic E-state index is 12.9. The van der Waals surface area contributed by atoms with E-state index in [0.29, 0.717) is 18.5 Å². The Morgan fingerprint density at radius 2 is 1.74 bits per heavy atom. The van der Waals surface area contributed by atoms with Crippen LogP contribution in [0.15, 0.2) is 24.3 Å². The summed E-state index contributed by atoms with van der Waals surface area (Å²) in [5, 5.41) is 5.45. The zero-order valence-corrected chi connectivity index (χ0v) is 14.5. The molecule has 1 aromatic rings. The van der Waals surface area contributed by atoms with Crippen molar-refractivity contribution in [1.82, 2.24) is 10.6 Å². The van der Waals surface area contributed by atoms with E-state index >= 15 is 0 Å². The fourth-order valence-electron chi connectivity index (χ4n) is 1.89. The fraction of sp³-hybridized carbons (Fsp3) is 0.500. The third-order valence-corrected chi connectivity index (χ3v) is 3.24. The molecule has 2 unspecified atom stereocenters. The van der Waals surface area contributed by atoms with Crippen molar-refractivity contribution in [3.63, 3.8) is 0 Å². The lowest BCUT2D eigenvalue weighted by molar-refractivity contribution is -0.123. The molecule has 7 heteroatoms. The topological polar surface area (TPSA) is 84.2 Å². The molecule has 5 nitrogen and oxygen atoms in total. The van der Waals surface area contributed by atoms with E-state index < -0.39 is 17.8 Å². The maximum Gasteiger partial charge on any atom is 0.251 e. The number of amides is 2. The second kappa shape index (κ2) is 10.2. The molecule has 0 radical (unpaired) electrons. The summed E-state index contributed by atoms with van der Waals surface area (Å²) in [5.74, 6) is -1.13. The molecule has 1 aromatic carbocycles. The lowest BCUT2D eigenvalue weighted by atomic mass is 10.0. The largest absolute Gasteiger partial charge is 0.354 e. The first-order valence-corrected chi connectivity index (χ1v) is 7.41. The number of hydrogen-bond acceptors (Lipinski definition) is 3. The zero-order valence-electron chi connectivity index (χ0n) is 13.6. The van der Waals surface area contributed by atoms with Gasteiger partial charge in [-0.1, -0.05) is 13.8 Å². The normalized spacial score (nSPS) is 13.0. The smallest absolute Gasteiger partial charge is 0.251 e. The quantitative estimate of drug-likeness (QED) is 0.705. The van der Waals surface area contributed by atoms with E-state index in [1.54, 1.807) is 0 Å². The summed E-state index contributed by atoms with van der Waals surface area (Å²) < 4.78 is 12.9. The predicted molar refractivity (Wildman–Crippen MR) is 91.0 cm³/mol. The van der Waals surface area contributed by atoms with Crippen molar-refractivity contribution in [2.45, 2.75) is 39.3 Å². The molecule has 0 aliphatic heterocycles. The number of carbonyl (C=O) groups excluding carboxylic acids is 2. The van der Waals surface area contributed by atoms with Crippen LogP contribution in [0.2, 0.25) is 0 Å². The molecule has 2 atom stereocenters. The van der Waals surface area contributed by atoms with Crippen molar-refractivity contribution in [1.29, 1.82) is 0 Å². The molecule has 0 aromatic heterocycles. The van der Waals surface area contributed by atoms with Crippen LogP contribution in [-0.2, 0) is 4.79 Å². The summed E-state index contributed by atoms with van der Waals surface area (Å²) in [6.07, 6.45) is 0.669. The highest BCUT2D eigenvalue weighted by Gasteiger charge is 2.24. The van der Waals surface area contributed by atoms with Gasteiger partial charge in [-0.3, -0.25) is 9.59 Å². The van der Waals surface area contributed by atoms with E-state index in [4.69, 9.17) is 5.73 Å². The molecule has 2 amide bonds. The number of nitrogens with two attached hydrogens (primary N) is 1. The SMILES string of the molecule is CC(N)CCNC(=O)C(NC(=O)c1ccc(F)cc1)C(C)C.Cl. The Kier molecular flexibility index (Phi) is 9.44. The highest BCUT2D eigenvalue weighted by Crippen LogP contribution is 2.06. The van der Waals surface area contributed by atoms with Gasteiger partial charge in [-0.25, -0.2) is 4.39 Å². The standard InChI is InChI=1S/C16H24FN3O2.ClH/c1-10(2)14(16(22)19-9-8-11(3)18)20-15(21)12-4-6-13(17)7-5-12;/h4-7,10-11,14H,8-9,18H2,1-3H3,(H,19,22)(H,20,21);1H. The lowest BCUT2D eigenvalue weighted by Crippen LogP contribution is -2.50. The monoisotopic (exact) mass is 345 g/mol. The van der Waals surface area contributed by atoms with Crippen molar-refractivity contribution in [3.8, 4) is 0 Å². The number of hydrogen-bond donors (Lipinski definition) is 3. The van der Waals surface area contributed by atoms with Crippen LogP contribution in [-0.4, -0.2) is 30.4 Å². The van der Waals surface area contributed by atoms with Crippen LogP contribution in [0.25, 0.3) is 0 Å². The fourth-order valence-corrected chi connectivity index (χ4v) is 1.89. The molecule has 23 heavy (non-hydrogen) atoms. The number of nitrogens with one attached hydrogen (secondary N) is 2. The molecule has 0 aliphatic carbocycles. The first kappa shape index (κ1) is 21.3. The maximum absolute atomic E-state index is 12.9. The molecule has 0 bridgehead atoms. The Morgan fingerprint density at radius 1 is 1.17 bits per heavy atom. The van der Waals surface area contributed by atoms with Crippen LogP contribution < -0.4 is 16.4 Å².